The van der Waals surface area contributed by atoms with Gasteiger partial charge in [-0.25, -0.2) is 4.39 Å². The number of rotatable bonds is 5. The highest BCUT2D eigenvalue weighted by Crippen LogP contribution is 2.33. The molecule has 1 atom stereocenters. The quantitative estimate of drug-likeness (QED) is 0.883. The number of nitrogens with one attached hydrogen (secondary N) is 1. The molecule has 2 rings (SSSR count). The van der Waals surface area contributed by atoms with Crippen LogP contribution in [0, 0.1) is 5.82 Å². The topological polar surface area (TPSA) is 55.1 Å². The van der Waals surface area contributed by atoms with Crippen LogP contribution < -0.4 is 11.1 Å². The van der Waals surface area contributed by atoms with E-state index < -0.39 is 17.8 Å². The molecule has 1 amide bonds. The summed E-state index contributed by atoms with van der Waals surface area (Å²) in [6, 6.07) is 11.2. The van der Waals surface area contributed by atoms with Crippen LogP contribution in [-0.4, -0.2) is 11.9 Å². The first kappa shape index (κ1) is 16.5. The number of amides is 1. The number of hydrogen-bond donors (Lipinski definition) is 2. The first-order valence-corrected chi connectivity index (χ1v) is 7.38. The zero-order valence-electron chi connectivity index (χ0n) is 12.4. The maximum absolute atomic E-state index is 14.9. The van der Waals surface area contributed by atoms with Crippen LogP contribution >= 0.6 is 11.6 Å². The van der Waals surface area contributed by atoms with Crippen molar-refractivity contribution < 1.29 is 9.18 Å². The van der Waals surface area contributed by atoms with Crippen molar-refractivity contribution in [2.75, 3.05) is 0 Å². The highest BCUT2D eigenvalue weighted by molar-refractivity contribution is 6.31. The van der Waals surface area contributed by atoms with E-state index in [1.807, 2.05) is 32.0 Å². The van der Waals surface area contributed by atoms with Crippen LogP contribution in [0.4, 0.5) is 4.39 Å². The molecule has 0 aliphatic heterocycles. The minimum atomic E-state index is -0.976. The summed E-state index contributed by atoms with van der Waals surface area (Å²) in [6.45, 7) is 3.70. The fourth-order valence-corrected chi connectivity index (χ4v) is 2.57. The van der Waals surface area contributed by atoms with E-state index in [-0.39, 0.29) is 16.6 Å². The van der Waals surface area contributed by atoms with E-state index in [9.17, 15) is 9.18 Å². The highest BCUT2D eigenvalue weighted by atomic mass is 35.5. The van der Waals surface area contributed by atoms with E-state index >= 15 is 0 Å². The molecule has 0 spiro atoms. The smallest absolute Gasteiger partial charge is 0.239 e. The average molecular weight is 321 g/mol. The molecule has 3 nitrogen and oxygen atoms in total. The van der Waals surface area contributed by atoms with Gasteiger partial charge in [0, 0.05) is 22.2 Å². The third-order valence-electron chi connectivity index (χ3n) is 3.28. The Morgan fingerprint density at radius 2 is 1.82 bits per heavy atom. The summed E-state index contributed by atoms with van der Waals surface area (Å²) in [4.78, 5) is 11.7. The molecule has 0 aliphatic carbocycles. The summed E-state index contributed by atoms with van der Waals surface area (Å²) in [5.74, 6) is -1.20. The number of primary amides is 1. The van der Waals surface area contributed by atoms with Gasteiger partial charge >= 0.3 is 0 Å². The normalized spacial score (nSPS) is 12.4. The van der Waals surface area contributed by atoms with Gasteiger partial charge in [0.2, 0.25) is 5.91 Å². The van der Waals surface area contributed by atoms with Crippen LogP contribution in [0.2, 0.25) is 5.02 Å². The van der Waals surface area contributed by atoms with Crippen LogP contribution in [0.25, 0.3) is 11.1 Å². The molecule has 0 heterocycles. The largest absolute Gasteiger partial charge is 0.368 e. The summed E-state index contributed by atoms with van der Waals surface area (Å²) < 4.78 is 14.9. The van der Waals surface area contributed by atoms with Gasteiger partial charge in [-0.1, -0.05) is 41.9 Å². The minimum absolute atomic E-state index is 0.0478. The van der Waals surface area contributed by atoms with Crippen molar-refractivity contribution in [1.82, 2.24) is 5.32 Å². The first-order valence-electron chi connectivity index (χ1n) is 7.00. The van der Waals surface area contributed by atoms with E-state index in [4.69, 9.17) is 17.3 Å². The molecule has 0 saturated heterocycles. The number of benzene rings is 2. The average Bonchev–Trinajstić information content (AvgIpc) is 2.46. The fourth-order valence-electron chi connectivity index (χ4n) is 2.32. The highest BCUT2D eigenvalue weighted by Gasteiger charge is 2.26. The molecular weight excluding hydrogens is 303 g/mol. The van der Waals surface area contributed by atoms with Crippen molar-refractivity contribution in [3.05, 3.63) is 58.9 Å². The number of carbonyl (C=O) groups excluding carboxylic acids is 1. The van der Waals surface area contributed by atoms with Gasteiger partial charge in [0.1, 0.15) is 11.9 Å². The summed E-state index contributed by atoms with van der Waals surface area (Å²) >= 11 is 6.12. The van der Waals surface area contributed by atoms with Crippen LogP contribution in [0.15, 0.2) is 42.5 Å². The lowest BCUT2D eigenvalue weighted by molar-refractivity contribution is -0.120. The molecule has 2 aromatic carbocycles. The fraction of sp³-hybridized carbons (Fsp3) is 0.235. The molecule has 5 heteroatoms. The van der Waals surface area contributed by atoms with Crippen LogP contribution in [0.5, 0.6) is 0 Å². The van der Waals surface area contributed by atoms with Crippen molar-refractivity contribution in [3.63, 3.8) is 0 Å². The Morgan fingerprint density at radius 3 is 2.36 bits per heavy atom. The van der Waals surface area contributed by atoms with Crippen molar-refractivity contribution in [1.29, 1.82) is 0 Å². The van der Waals surface area contributed by atoms with Gasteiger partial charge in [-0.15, -0.1) is 0 Å². The molecule has 3 N–H and O–H groups in total. The summed E-state index contributed by atoms with van der Waals surface area (Å²) in [6.07, 6.45) is 0. The molecule has 0 radical (unpaired) electrons. The SMILES string of the molecule is CC(C)NC(C(N)=O)c1c(Cl)ccc(-c2ccccc2)c1F. The first-order chi connectivity index (χ1) is 10.4. The molecule has 22 heavy (non-hydrogen) atoms. The van der Waals surface area contributed by atoms with Crippen molar-refractivity contribution in [2.45, 2.75) is 25.9 Å². The van der Waals surface area contributed by atoms with Gasteiger partial charge in [-0.3, -0.25) is 10.1 Å². The van der Waals surface area contributed by atoms with Crippen molar-refractivity contribution >= 4 is 17.5 Å². The van der Waals surface area contributed by atoms with Crippen LogP contribution in [0.3, 0.4) is 0 Å². The molecule has 0 aromatic heterocycles. The Bertz CT molecular complexity index is 674. The maximum Gasteiger partial charge on any atom is 0.239 e. The molecule has 1 unspecified atom stereocenters. The molecule has 116 valence electrons. The van der Waals surface area contributed by atoms with E-state index in [2.05, 4.69) is 5.32 Å². The second-order valence-electron chi connectivity index (χ2n) is 5.35. The van der Waals surface area contributed by atoms with Crippen LogP contribution in [0.1, 0.15) is 25.5 Å². The Kier molecular flexibility index (Phi) is 5.16. The lowest BCUT2D eigenvalue weighted by Gasteiger charge is -2.21. The van der Waals surface area contributed by atoms with Gasteiger partial charge in [-0.05, 0) is 31.5 Å². The summed E-state index contributed by atoms with van der Waals surface area (Å²) in [5.41, 5.74) is 6.60. The maximum atomic E-state index is 14.9. The Labute approximate surface area is 134 Å². The van der Waals surface area contributed by atoms with E-state index in [0.717, 1.165) is 0 Å². The second-order valence-corrected chi connectivity index (χ2v) is 5.75. The van der Waals surface area contributed by atoms with Crippen molar-refractivity contribution in [3.8, 4) is 11.1 Å². The van der Waals surface area contributed by atoms with Gasteiger partial charge in [-0.2, -0.15) is 0 Å². The number of halogens is 2. The van der Waals surface area contributed by atoms with E-state index in [1.165, 1.54) is 0 Å². The molecule has 0 aliphatic rings. The third kappa shape index (κ3) is 3.46. The third-order valence-corrected chi connectivity index (χ3v) is 3.61. The lowest BCUT2D eigenvalue weighted by Crippen LogP contribution is -2.38. The van der Waals surface area contributed by atoms with Crippen molar-refractivity contribution in [2.24, 2.45) is 5.73 Å². The molecule has 0 bridgehead atoms. The molecule has 0 fully saturated rings. The van der Waals surface area contributed by atoms with Gasteiger partial charge in [0.25, 0.3) is 0 Å². The molecular formula is C17H18ClFN2O. The van der Waals surface area contributed by atoms with Gasteiger partial charge in [0.15, 0.2) is 0 Å². The summed E-state index contributed by atoms with van der Waals surface area (Å²) in [7, 11) is 0. The van der Waals surface area contributed by atoms with Crippen LogP contribution in [-0.2, 0) is 4.79 Å². The van der Waals surface area contributed by atoms with E-state index in [0.29, 0.717) is 11.1 Å². The minimum Gasteiger partial charge on any atom is -0.368 e. The zero-order chi connectivity index (χ0) is 16.3. The monoisotopic (exact) mass is 320 g/mol. The number of hydrogen-bond acceptors (Lipinski definition) is 2. The standard InChI is InChI=1S/C17H18ClFN2O/c1-10(2)21-16(17(20)22)14-13(18)9-8-12(15(14)19)11-6-4-3-5-7-11/h3-10,16,21H,1-2H3,(H2,20,22). The van der Waals surface area contributed by atoms with Gasteiger partial charge in [0.05, 0.1) is 0 Å². The predicted octanol–water partition coefficient (Wildman–Crippen LogP) is 3.67. The number of nitrogens with two attached hydrogens (primary N) is 1. The molecule has 2 aromatic rings. The second kappa shape index (κ2) is 6.90. The van der Waals surface area contributed by atoms with E-state index in [1.54, 1.807) is 24.3 Å². The Hall–Kier alpha value is -1.91. The number of carbonyl (C=O) groups is 1. The summed E-state index contributed by atoms with van der Waals surface area (Å²) in [5, 5.41) is 3.13. The Balaban J connectivity index is 2.58. The lowest BCUT2D eigenvalue weighted by atomic mass is 9.97. The predicted molar refractivity (Wildman–Crippen MR) is 87.1 cm³/mol. The molecule has 0 saturated carbocycles. The van der Waals surface area contributed by atoms with Gasteiger partial charge < -0.3 is 5.73 Å². The Morgan fingerprint density at radius 1 is 1.18 bits per heavy atom. The zero-order valence-corrected chi connectivity index (χ0v) is 13.2.